The van der Waals surface area contributed by atoms with Gasteiger partial charge in [-0.25, -0.2) is 4.79 Å². The molecule has 11 nitrogen and oxygen atoms in total. The van der Waals surface area contributed by atoms with Crippen LogP contribution < -0.4 is 16.3 Å². The van der Waals surface area contributed by atoms with E-state index in [1.165, 1.54) is 31.0 Å². The molecule has 40 heavy (non-hydrogen) atoms. The molecule has 3 aromatic heterocycles. The van der Waals surface area contributed by atoms with Gasteiger partial charge >= 0.3 is 5.97 Å². The van der Waals surface area contributed by atoms with Gasteiger partial charge in [-0.05, 0) is 54.2 Å². The van der Waals surface area contributed by atoms with Crippen LogP contribution in [0.25, 0.3) is 17.0 Å². The second-order valence-corrected chi connectivity index (χ2v) is 9.37. The van der Waals surface area contributed by atoms with Gasteiger partial charge in [0, 0.05) is 31.5 Å². The number of carboxylic acids is 1. The molecular formula is C29H28N6O5. The minimum atomic E-state index is -1.20. The van der Waals surface area contributed by atoms with Gasteiger partial charge in [-0.15, -0.1) is 0 Å². The number of amides is 1. The quantitative estimate of drug-likeness (QED) is 0.258. The van der Waals surface area contributed by atoms with Crippen molar-refractivity contribution >= 4 is 34.7 Å². The van der Waals surface area contributed by atoms with E-state index in [2.05, 4.69) is 32.8 Å². The van der Waals surface area contributed by atoms with Gasteiger partial charge in [-0.3, -0.25) is 19.7 Å². The molecule has 5 rings (SSSR count). The minimum Gasteiger partial charge on any atom is -0.496 e. The Hall–Kier alpha value is -5.19. The third-order valence-electron chi connectivity index (χ3n) is 7.11. The third kappa shape index (κ3) is 4.73. The first-order valence-corrected chi connectivity index (χ1v) is 12.7. The lowest BCUT2D eigenvalue weighted by molar-refractivity contribution is -0.126. The number of aromatic amines is 2. The summed E-state index contributed by atoms with van der Waals surface area (Å²) in [6.45, 7) is 4.50. The lowest BCUT2D eigenvalue weighted by Gasteiger charge is -2.33. The Balaban J connectivity index is 1.49. The van der Waals surface area contributed by atoms with Crippen LogP contribution in [-0.4, -0.2) is 68.0 Å². The van der Waals surface area contributed by atoms with Crippen molar-refractivity contribution < 1.29 is 24.2 Å². The summed E-state index contributed by atoms with van der Waals surface area (Å²) in [5, 5.41) is 16.1. The zero-order chi connectivity index (χ0) is 28.4. The van der Waals surface area contributed by atoms with E-state index in [-0.39, 0.29) is 39.0 Å². The molecule has 1 aliphatic carbocycles. The van der Waals surface area contributed by atoms with Crippen LogP contribution in [0.15, 0.2) is 66.5 Å². The van der Waals surface area contributed by atoms with Gasteiger partial charge in [0.25, 0.3) is 11.7 Å². The van der Waals surface area contributed by atoms with Crippen molar-refractivity contribution in [2.75, 3.05) is 20.2 Å². The van der Waals surface area contributed by atoms with E-state index in [1.54, 1.807) is 11.1 Å². The molecule has 0 saturated heterocycles. The largest absolute Gasteiger partial charge is 0.496 e. The first-order valence-electron chi connectivity index (χ1n) is 12.7. The fraction of sp³-hybridized carbons (Fsp3) is 0.207. The van der Waals surface area contributed by atoms with Crippen LogP contribution >= 0.6 is 0 Å². The van der Waals surface area contributed by atoms with E-state index in [9.17, 15) is 19.5 Å². The number of hydrogen-bond donors (Lipinski definition) is 4. The average molecular weight is 541 g/mol. The Labute approximate surface area is 229 Å². The summed E-state index contributed by atoms with van der Waals surface area (Å²) in [4.78, 5) is 47.4. The zero-order valence-electron chi connectivity index (χ0n) is 21.9. The van der Waals surface area contributed by atoms with E-state index in [1.807, 2.05) is 18.2 Å². The van der Waals surface area contributed by atoms with E-state index >= 15 is 0 Å². The number of aromatic carboxylic acids is 1. The van der Waals surface area contributed by atoms with Crippen LogP contribution in [0.3, 0.4) is 0 Å². The van der Waals surface area contributed by atoms with Crippen molar-refractivity contribution in [2.24, 2.45) is 5.73 Å². The highest BCUT2D eigenvalue weighted by Gasteiger charge is 2.31. The molecule has 4 heterocycles. The van der Waals surface area contributed by atoms with Gasteiger partial charge in [0.2, 0.25) is 0 Å². The maximum atomic E-state index is 13.6. The Morgan fingerprint density at radius 2 is 2.08 bits per heavy atom. The maximum absolute atomic E-state index is 13.6. The molecule has 0 bridgehead atoms. The number of Topliss-reactive ketones (excluding diaryl/α,β-unsaturated/α-hetero) is 1. The zero-order valence-corrected chi connectivity index (χ0v) is 21.9. The normalized spacial score (nSPS) is 16.5. The Morgan fingerprint density at radius 3 is 2.75 bits per heavy atom. The molecule has 5 N–H and O–H groups in total. The number of aromatic nitrogens is 4. The number of nitrogens with zero attached hydrogens (tertiary/aromatic N) is 3. The number of hydrogen-bond acceptors (Lipinski definition) is 7. The molecule has 0 atom stereocenters. The fourth-order valence-corrected chi connectivity index (χ4v) is 5.17. The highest BCUT2D eigenvalue weighted by molar-refractivity contribution is 6.42. The van der Waals surface area contributed by atoms with Crippen LogP contribution in [0.4, 0.5) is 0 Å². The number of H-pyrrole nitrogens is 2. The maximum Gasteiger partial charge on any atom is 0.353 e. The molecule has 1 aliphatic heterocycles. The topological polar surface area (TPSA) is 167 Å². The standard InChI is InChI=1S/C29H28N6O5/c1-3-23(40-2)24-19(14-32-26(24)25(30)21-13-22(29(38)39)34-33-21)27(36)28(37)35-12-10-17-16(15-35)7-6-8-18(17)20-9-4-5-11-31-20/h3-5,8-9,11,13-14,32H,1,6-7,10,12,15,30H2,2H3,(H,33,34)(H,38,39)/b24-23+,26-25+. The van der Waals surface area contributed by atoms with Crippen LogP contribution in [0.1, 0.15) is 51.5 Å². The van der Waals surface area contributed by atoms with Gasteiger partial charge in [-0.2, -0.15) is 5.10 Å². The number of pyridine rings is 1. The number of allylic oxidation sites excluding steroid dienone is 2. The van der Waals surface area contributed by atoms with Crippen molar-refractivity contribution in [3.05, 3.63) is 99.7 Å². The van der Waals surface area contributed by atoms with Crippen LogP contribution in [0, 0.1) is 0 Å². The number of ketones is 1. The molecule has 3 aromatic rings. The monoisotopic (exact) mass is 540 g/mol. The molecule has 204 valence electrons. The minimum absolute atomic E-state index is 0.0606. The van der Waals surface area contributed by atoms with Gasteiger partial charge in [0.15, 0.2) is 0 Å². The Bertz CT molecular complexity index is 1710. The van der Waals surface area contributed by atoms with Crippen molar-refractivity contribution in [3.8, 4) is 0 Å². The lowest BCUT2D eigenvalue weighted by Crippen LogP contribution is -2.43. The number of nitrogens with two attached hydrogens (primary N) is 1. The molecule has 0 saturated carbocycles. The SMILES string of the molecule is C=C/C(OC)=c1/c(C(=O)C(=O)N2CCC3=C(CCC=C3c3ccccn3)C2)c[nH]/c1=C(/N)c1cc(C(=O)O)[nH]n1. The highest BCUT2D eigenvalue weighted by Crippen LogP contribution is 2.36. The number of nitrogens with one attached hydrogen (secondary N) is 2. The number of carboxylic acid groups (broad SMARTS) is 1. The number of methoxy groups -OCH3 is 1. The van der Waals surface area contributed by atoms with Crippen LogP contribution in [0.2, 0.25) is 0 Å². The molecule has 0 aromatic carbocycles. The fourth-order valence-electron chi connectivity index (χ4n) is 5.17. The Morgan fingerprint density at radius 1 is 1.25 bits per heavy atom. The average Bonchev–Trinajstić information content (AvgIpc) is 3.65. The molecule has 0 spiro atoms. The summed E-state index contributed by atoms with van der Waals surface area (Å²) in [6.07, 6.45) is 9.02. The molecular weight excluding hydrogens is 512 g/mol. The summed E-state index contributed by atoms with van der Waals surface area (Å²) < 4.78 is 5.45. The predicted octanol–water partition coefficient (Wildman–Crippen LogP) is 1.48. The summed E-state index contributed by atoms with van der Waals surface area (Å²) in [5.74, 6) is -2.35. The van der Waals surface area contributed by atoms with E-state index in [0.29, 0.717) is 19.5 Å². The van der Waals surface area contributed by atoms with Crippen LogP contribution in [-0.2, 0) is 9.53 Å². The second kappa shape index (κ2) is 10.9. The van der Waals surface area contributed by atoms with Gasteiger partial charge < -0.3 is 25.5 Å². The predicted molar refractivity (Wildman–Crippen MR) is 147 cm³/mol. The van der Waals surface area contributed by atoms with E-state index < -0.39 is 17.7 Å². The van der Waals surface area contributed by atoms with Gasteiger partial charge in [0.05, 0.1) is 34.6 Å². The summed E-state index contributed by atoms with van der Waals surface area (Å²) in [6, 6.07) is 7.08. The molecule has 1 amide bonds. The number of ether oxygens (including phenoxy) is 1. The number of carbonyl (C=O) groups excluding carboxylic acids is 2. The van der Waals surface area contributed by atoms with Crippen molar-refractivity contribution in [1.82, 2.24) is 25.1 Å². The van der Waals surface area contributed by atoms with Gasteiger partial charge in [-0.1, -0.05) is 18.7 Å². The molecule has 0 radical (unpaired) electrons. The number of carbonyl (C=O) groups is 3. The first kappa shape index (κ1) is 26.4. The summed E-state index contributed by atoms with van der Waals surface area (Å²) in [5.41, 5.74) is 10.8. The third-order valence-corrected chi connectivity index (χ3v) is 7.11. The number of rotatable bonds is 7. The highest BCUT2D eigenvalue weighted by atomic mass is 16.5. The van der Waals surface area contributed by atoms with E-state index in [0.717, 1.165) is 29.7 Å². The van der Waals surface area contributed by atoms with Crippen molar-refractivity contribution in [3.63, 3.8) is 0 Å². The first-order chi connectivity index (χ1) is 19.3. The lowest BCUT2D eigenvalue weighted by atomic mass is 9.84. The molecule has 0 unspecified atom stereocenters. The Kier molecular flexibility index (Phi) is 7.19. The summed E-state index contributed by atoms with van der Waals surface area (Å²) in [7, 11) is 1.41. The van der Waals surface area contributed by atoms with Crippen molar-refractivity contribution in [1.29, 1.82) is 0 Å². The van der Waals surface area contributed by atoms with Crippen LogP contribution in [0.5, 0.6) is 0 Å². The summed E-state index contributed by atoms with van der Waals surface area (Å²) >= 11 is 0. The van der Waals surface area contributed by atoms with E-state index in [4.69, 9.17) is 10.5 Å². The van der Waals surface area contributed by atoms with Crippen molar-refractivity contribution in [2.45, 2.75) is 19.3 Å². The molecule has 11 heteroatoms. The second-order valence-electron chi connectivity index (χ2n) is 9.37. The van der Waals surface area contributed by atoms with Gasteiger partial charge in [0.1, 0.15) is 17.1 Å². The molecule has 2 aliphatic rings. The smallest absolute Gasteiger partial charge is 0.353 e. The molecule has 0 fully saturated rings.